The molecule has 0 saturated heterocycles. The Labute approximate surface area is 162 Å². The molecule has 0 aliphatic heterocycles. The lowest BCUT2D eigenvalue weighted by atomic mass is 9.89. The van der Waals surface area contributed by atoms with Crippen LogP contribution in [0.15, 0.2) is 29.4 Å². The summed E-state index contributed by atoms with van der Waals surface area (Å²) in [5, 5.41) is 11.5. The van der Waals surface area contributed by atoms with Gasteiger partial charge in [-0.3, -0.25) is 4.79 Å². The number of hydrogen-bond donors (Lipinski definition) is 2. The summed E-state index contributed by atoms with van der Waals surface area (Å²) < 4.78 is 14.8. The van der Waals surface area contributed by atoms with Crippen LogP contribution in [0, 0.1) is 5.82 Å². The minimum absolute atomic E-state index is 0.101. The number of carbonyl (C=O) groups is 1. The Morgan fingerprint density at radius 2 is 1.85 bits per heavy atom. The summed E-state index contributed by atoms with van der Waals surface area (Å²) in [6.45, 7) is 0. The Kier molecular flexibility index (Phi) is 5.33. The zero-order chi connectivity index (χ0) is 18.8. The number of amides is 1. The van der Waals surface area contributed by atoms with Crippen molar-refractivity contribution in [3.8, 4) is 0 Å². The maximum atomic E-state index is 13.3. The Bertz CT molecular complexity index is 799. The first kappa shape index (κ1) is 18.3. The van der Waals surface area contributed by atoms with Crippen molar-refractivity contribution < 1.29 is 9.18 Å². The highest BCUT2D eigenvalue weighted by Gasteiger charge is 2.31. The van der Waals surface area contributed by atoms with Crippen LogP contribution in [0.1, 0.15) is 67.5 Å². The molecule has 1 unspecified atom stereocenters. The van der Waals surface area contributed by atoms with E-state index in [0.717, 1.165) is 37.1 Å². The van der Waals surface area contributed by atoms with Gasteiger partial charge < -0.3 is 11.2 Å². The van der Waals surface area contributed by atoms with Crippen LogP contribution in [0.4, 0.5) is 4.39 Å². The summed E-state index contributed by atoms with van der Waals surface area (Å²) in [6, 6.07) is 6.26. The van der Waals surface area contributed by atoms with Crippen molar-refractivity contribution in [1.82, 2.24) is 20.2 Å². The third-order valence-corrected chi connectivity index (χ3v) is 6.43. The molecule has 0 radical (unpaired) electrons. The highest BCUT2D eigenvalue weighted by atomic mass is 32.2. The van der Waals surface area contributed by atoms with Gasteiger partial charge in [-0.25, -0.2) is 9.07 Å². The molecule has 2 aliphatic rings. The molecule has 4 rings (SSSR count). The van der Waals surface area contributed by atoms with Crippen molar-refractivity contribution in [2.24, 2.45) is 0 Å². The van der Waals surface area contributed by atoms with Gasteiger partial charge in [-0.15, -0.1) is 10.2 Å². The lowest BCUT2D eigenvalue weighted by Gasteiger charge is -2.20. The van der Waals surface area contributed by atoms with Crippen LogP contribution in [0.2, 0.25) is 0 Å². The minimum Gasteiger partial charge on any atom is -0.352 e. The number of rotatable bonds is 6. The maximum absolute atomic E-state index is 13.3. The fourth-order valence-corrected chi connectivity index (χ4v) is 4.50. The van der Waals surface area contributed by atoms with Gasteiger partial charge in [-0.1, -0.05) is 43.2 Å². The predicted octanol–water partition coefficient (Wildman–Crippen LogP) is 3.29. The van der Waals surface area contributed by atoms with E-state index in [9.17, 15) is 9.18 Å². The quantitative estimate of drug-likeness (QED) is 0.585. The van der Waals surface area contributed by atoms with Gasteiger partial charge in [0, 0.05) is 12.0 Å². The van der Waals surface area contributed by atoms with Crippen molar-refractivity contribution in [3.63, 3.8) is 0 Å². The highest BCUT2D eigenvalue weighted by molar-refractivity contribution is 8.00. The number of carbonyl (C=O) groups excluding carboxylic acids is 1. The minimum atomic E-state index is -0.545. The molecule has 1 atom stereocenters. The summed E-state index contributed by atoms with van der Waals surface area (Å²) in [7, 11) is 0. The molecule has 0 bridgehead atoms. The molecule has 0 spiro atoms. The largest absolute Gasteiger partial charge is 0.352 e. The van der Waals surface area contributed by atoms with Gasteiger partial charge in [-0.05, 0) is 43.4 Å². The van der Waals surface area contributed by atoms with Crippen molar-refractivity contribution in [3.05, 3.63) is 41.5 Å². The number of nitrogens with one attached hydrogen (secondary N) is 1. The van der Waals surface area contributed by atoms with Gasteiger partial charge in [0.2, 0.25) is 11.1 Å². The normalized spacial score (nSPS) is 19.0. The molecular formula is C19H24FN5OS. The van der Waals surface area contributed by atoms with E-state index in [-0.39, 0.29) is 17.8 Å². The second kappa shape index (κ2) is 7.88. The number of nitrogens with zero attached hydrogens (tertiary/aromatic N) is 3. The van der Waals surface area contributed by atoms with Crippen LogP contribution >= 0.6 is 11.8 Å². The Hall–Kier alpha value is -2.09. The monoisotopic (exact) mass is 389 g/mol. The molecule has 8 heteroatoms. The molecular weight excluding hydrogens is 365 g/mol. The predicted molar refractivity (Wildman–Crippen MR) is 102 cm³/mol. The SMILES string of the molecule is Nn1c(SC(C(=O)NC2CC2)c2ccc(F)cc2)nnc1C1CCCCC1. The first-order valence-electron chi connectivity index (χ1n) is 9.54. The number of hydrogen-bond acceptors (Lipinski definition) is 5. The number of aromatic nitrogens is 3. The first-order valence-corrected chi connectivity index (χ1v) is 10.4. The number of benzene rings is 1. The van der Waals surface area contributed by atoms with Crippen molar-refractivity contribution in [1.29, 1.82) is 0 Å². The molecule has 2 aromatic rings. The van der Waals surface area contributed by atoms with E-state index in [0.29, 0.717) is 11.1 Å². The summed E-state index contributed by atoms with van der Waals surface area (Å²) in [4.78, 5) is 12.8. The zero-order valence-electron chi connectivity index (χ0n) is 15.1. The summed E-state index contributed by atoms with van der Waals surface area (Å²) in [6.07, 6.45) is 7.78. The zero-order valence-corrected chi connectivity index (χ0v) is 15.9. The molecule has 1 heterocycles. The van der Waals surface area contributed by atoms with E-state index in [2.05, 4.69) is 15.5 Å². The van der Waals surface area contributed by atoms with Gasteiger partial charge in [0.15, 0.2) is 5.82 Å². The lowest BCUT2D eigenvalue weighted by molar-refractivity contribution is -0.120. The van der Waals surface area contributed by atoms with Gasteiger partial charge in [0.1, 0.15) is 11.1 Å². The molecule has 6 nitrogen and oxygen atoms in total. The molecule has 3 N–H and O–H groups in total. The van der Waals surface area contributed by atoms with E-state index in [1.54, 1.807) is 12.1 Å². The third kappa shape index (κ3) is 4.26. The molecule has 2 fully saturated rings. The van der Waals surface area contributed by atoms with Crippen LogP contribution in [0.5, 0.6) is 0 Å². The molecule has 1 aromatic heterocycles. The lowest BCUT2D eigenvalue weighted by Crippen LogP contribution is -2.30. The second-order valence-electron chi connectivity index (χ2n) is 7.38. The van der Waals surface area contributed by atoms with Crippen LogP contribution in [0.3, 0.4) is 0 Å². The molecule has 1 amide bonds. The number of thioether (sulfide) groups is 1. The summed E-state index contributed by atoms with van der Waals surface area (Å²) >= 11 is 1.27. The number of halogens is 1. The van der Waals surface area contributed by atoms with Crippen LogP contribution in [-0.2, 0) is 4.79 Å². The van der Waals surface area contributed by atoms with Gasteiger partial charge in [-0.2, -0.15) is 0 Å². The third-order valence-electron chi connectivity index (χ3n) is 5.22. The average molecular weight is 390 g/mol. The van der Waals surface area contributed by atoms with E-state index in [1.807, 2.05) is 0 Å². The summed E-state index contributed by atoms with van der Waals surface area (Å²) in [5.41, 5.74) is 0.724. The number of nitrogens with two attached hydrogens (primary N) is 1. The van der Waals surface area contributed by atoms with Crippen molar-refractivity contribution in [2.45, 2.75) is 67.3 Å². The molecule has 144 valence electrons. The first-order chi connectivity index (χ1) is 13.1. The van der Waals surface area contributed by atoms with Gasteiger partial charge >= 0.3 is 0 Å². The van der Waals surface area contributed by atoms with Gasteiger partial charge in [0.25, 0.3) is 0 Å². The van der Waals surface area contributed by atoms with Crippen molar-refractivity contribution in [2.75, 3.05) is 5.84 Å². The van der Waals surface area contributed by atoms with E-state index < -0.39 is 5.25 Å². The van der Waals surface area contributed by atoms with Crippen LogP contribution in [0.25, 0.3) is 0 Å². The Morgan fingerprint density at radius 3 is 2.52 bits per heavy atom. The molecule has 27 heavy (non-hydrogen) atoms. The standard InChI is InChI=1S/C19H24FN5OS/c20-14-8-6-12(7-9-14)16(18(26)22-15-10-11-15)27-19-24-23-17(25(19)21)13-4-2-1-3-5-13/h6-9,13,15-16H,1-5,10-11,21H2,(H,22,26). The van der Waals surface area contributed by atoms with E-state index in [1.165, 1.54) is 47.8 Å². The fraction of sp³-hybridized carbons (Fsp3) is 0.526. The van der Waals surface area contributed by atoms with E-state index >= 15 is 0 Å². The van der Waals surface area contributed by atoms with Crippen molar-refractivity contribution >= 4 is 17.7 Å². The Morgan fingerprint density at radius 1 is 1.15 bits per heavy atom. The maximum Gasteiger partial charge on any atom is 0.238 e. The fourth-order valence-electron chi connectivity index (χ4n) is 3.53. The van der Waals surface area contributed by atoms with Gasteiger partial charge in [0.05, 0.1) is 0 Å². The smallest absolute Gasteiger partial charge is 0.238 e. The topological polar surface area (TPSA) is 85.8 Å². The highest BCUT2D eigenvalue weighted by Crippen LogP contribution is 2.37. The molecule has 2 saturated carbocycles. The summed E-state index contributed by atoms with van der Waals surface area (Å²) in [5.74, 6) is 6.97. The molecule has 2 aliphatic carbocycles. The second-order valence-corrected chi connectivity index (χ2v) is 8.45. The number of nitrogen functional groups attached to an aromatic ring is 1. The average Bonchev–Trinajstić information content (AvgIpc) is 3.42. The van der Waals surface area contributed by atoms with Crippen LogP contribution < -0.4 is 11.2 Å². The van der Waals surface area contributed by atoms with Crippen LogP contribution in [-0.4, -0.2) is 26.8 Å². The Balaban J connectivity index is 1.56. The van der Waals surface area contributed by atoms with E-state index in [4.69, 9.17) is 5.84 Å². The molecule has 1 aromatic carbocycles.